The molecule has 0 amide bonds. The second-order valence-corrected chi connectivity index (χ2v) is 7.34. The number of esters is 1. The van der Waals surface area contributed by atoms with Gasteiger partial charge in [-0.1, -0.05) is 0 Å². The van der Waals surface area contributed by atoms with E-state index in [-0.39, 0.29) is 16.6 Å². The molecule has 0 spiro atoms. The maximum atomic E-state index is 12.1. The Kier molecular flexibility index (Phi) is 4.33. The molecule has 1 N–H and O–H groups in total. The molecule has 100 valence electrons. The van der Waals surface area contributed by atoms with Gasteiger partial charge in [-0.2, -0.15) is 0 Å². The molecule has 2 atom stereocenters. The summed E-state index contributed by atoms with van der Waals surface area (Å²) in [6, 6.07) is 0. The Morgan fingerprint density at radius 2 is 2.00 bits per heavy atom. The predicted molar refractivity (Wildman–Crippen MR) is 65.8 cm³/mol. The highest BCUT2D eigenvalue weighted by atomic mass is 32.2. The molecule has 1 fully saturated rings. The number of hydrogen-bond acceptors (Lipinski definition) is 4. The normalized spacial score (nSPS) is 22.4. The fourth-order valence-corrected chi connectivity index (χ4v) is 2.43. The van der Waals surface area contributed by atoms with E-state index in [0.29, 0.717) is 13.2 Å². The third-order valence-electron chi connectivity index (χ3n) is 2.96. The number of nitrogens with one attached hydrogen (secondary N) is 1. The summed E-state index contributed by atoms with van der Waals surface area (Å²) < 4.78 is 24.6. The van der Waals surface area contributed by atoms with Gasteiger partial charge in [-0.3, -0.25) is 4.79 Å². The van der Waals surface area contributed by atoms with Gasteiger partial charge in [0.25, 0.3) is 0 Å². The molecule has 1 aliphatic heterocycles. The van der Waals surface area contributed by atoms with Crippen molar-refractivity contribution in [3.63, 3.8) is 0 Å². The molecule has 0 saturated carbocycles. The van der Waals surface area contributed by atoms with Crippen molar-refractivity contribution >= 4 is 17.0 Å². The number of carbonyl (C=O) groups excluding carboxylic acids is 1. The molecule has 6 heteroatoms. The van der Waals surface area contributed by atoms with E-state index in [4.69, 9.17) is 9.47 Å². The van der Waals surface area contributed by atoms with Gasteiger partial charge in [-0.15, -0.1) is 0 Å². The molecule has 1 saturated heterocycles. The average Bonchev–Trinajstić information content (AvgIpc) is 2.19. The molecule has 0 unspecified atom stereocenters. The van der Waals surface area contributed by atoms with Crippen molar-refractivity contribution in [3.05, 3.63) is 0 Å². The Morgan fingerprint density at radius 1 is 1.47 bits per heavy atom. The minimum absolute atomic E-state index is 0.313. The number of ether oxygens (including phenoxy) is 2. The highest BCUT2D eigenvalue weighted by Crippen LogP contribution is 2.29. The maximum Gasteiger partial charge on any atom is 0.310 e. The SMILES string of the molecule is COC(=O)[C@H](C)C1(N[S@@](=O)C(C)(C)C)COC1. The summed E-state index contributed by atoms with van der Waals surface area (Å²) in [7, 11) is 0.122. The van der Waals surface area contributed by atoms with Crippen molar-refractivity contribution in [2.24, 2.45) is 5.92 Å². The average molecular weight is 263 g/mol. The van der Waals surface area contributed by atoms with Crippen LogP contribution in [0.15, 0.2) is 0 Å². The summed E-state index contributed by atoms with van der Waals surface area (Å²) in [6.07, 6.45) is 0. The lowest BCUT2D eigenvalue weighted by atomic mass is 9.84. The van der Waals surface area contributed by atoms with Gasteiger partial charge in [0.15, 0.2) is 0 Å². The zero-order chi connectivity index (χ0) is 13.3. The van der Waals surface area contributed by atoms with E-state index in [1.807, 2.05) is 20.8 Å². The fourth-order valence-electron chi connectivity index (χ4n) is 1.46. The molecular weight excluding hydrogens is 242 g/mol. The van der Waals surface area contributed by atoms with E-state index in [1.54, 1.807) is 6.92 Å². The van der Waals surface area contributed by atoms with Gasteiger partial charge in [0.05, 0.1) is 47.5 Å². The van der Waals surface area contributed by atoms with Crippen LogP contribution in [0.5, 0.6) is 0 Å². The Morgan fingerprint density at radius 3 is 2.29 bits per heavy atom. The molecule has 0 bridgehead atoms. The first-order valence-corrected chi connectivity index (χ1v) is 6.73. The highest BCUT2D eigenvalue weighted by molar-refractivity contribution is 7.84. The van der Waals surface area contributed by atoms with Gasteiger partial charge in [0.2, 0.25) is 0 Å². The molecule has 5 nitrogen and oxygen atoms in total. The third-order valence-corrected chi connectivity index (χ3v) is 4.66. The minimum Gasteiger partial charge on any atom is -0.469 e. The number of rotatable bonds is 4. The van der Waals surface area contributed by atoms with Crippen LogP contribution in [0.4, 0.5) is 0 Å². The maximum absolute atomic E-state index is 12.1. The van der Waals surface area contributed by atoms with E-state index >= 15 is 0 Å². The van der Waals surface area contributed by atoms with Crippen LogP contribution in [-0.2, 0) is 25.3 Å². The molecule has 1 rings (SSSR count). The summed E-state index contributed by atoms with van der Waals surface area (Å²) in [4.78, 5) is 11.6. The van der Waals surface area contributed by atoms with E-state index in [2.05, 4.69) is 4.72 Å². The predicted octanol–water partition coefficient (Wildman–Crippen LogP) is 0.616. The zero-order valence-corrected chi connectivity index (χ0v) is 11.8. The van der Waals surface area contributed by atoms with Crippen LogP contribution in [0.1, 0.15) is 27.7 Å². The largest absolute Gasteiger partial charge is 0.469 e. The monoisotopic (exact) mass is 263 g/mol. The lowest BCUT2D eigenvalue weighted by Gasteiger charge is -2.45. The highest BCUT2D eigenvalue weighted by Gasteiger charge is 2.49. The van der Waals surface area contributed by atoms with Gasteiger partial charge < -0.3 is 9.47 Å². The Balaban J connectivity index is 2.77. The lowest BCUT2D eigenvalue weighted by Crippen LogP contribution is -2.67. The lowest BCUT2D eigenvalue weighted by molar-refractivity contribution is -0.158. The molecule has 0 aromatic heterocycles. The first-order chi connectivity index (χ1) is 7.73. The Labute approximate surface area is 105 Å². The fraction of sp³-hybridized carbons (Fsp3) is 0.909. The van der Waals surface area contributed by atoms with Crippen LogP contribution in [-0.4, -0.2) is 40.8 Å². The summed E-state index contributed by atoms with van der Waals surface area (Å²) in [5.41, 5.74) is -0.564. The van der Waals surface area contributed by atoms with Crippen LogP contribution in [0.25, 0.3) is 0 Å². The summed E-state index contributed by atoms with van der Waals surface area (Å²) in [5, 5.41) is 0. The Bertz CT molecular complexity index is 320. The molecule has 17 heavy (non-hydrogen) atoms. The van der Waals surface area contributed by atoms with Crippen molar-refractivity contribution in [1.82, 2.24) is 4.72 Å². The van der Waals surface area contributed by atoms with Gasteiger partial charge >= 0.3 is 5.97 Å². The topological polar surface area (TPSA) is 64.6 Å². The molecule has 0 radical (unpaired) electrons. The molecule has 1 aliphatic rings. The summed E-state index contributed by atoms with van der Waals surface area (Å²) in [6.45, 7) is 8.17. The minimum atomic E-state index is -1.23. The van der Waals surface area contributed by atoms with Gasteiger partial charge in [0.1, 0.15) is 0 Å². The number of carbonyl (C=O) groups is 1. The number of hydrogen-bond donors (Lipinski definition) is 1. The van der Waals surface area contributed by atoms with Crippen LogP contribution in [0.2, 0.25) is 0 Å². The van der Waals surface area contributed by atoms with Gasteiger partial charge in [-0.05, 0) is 27.7 Å². The van der Waals surface area contributed by atoms with Crippen LogP contribution in [0, 0.1) is 5.92 Å². The first-order valence-electron chi connectivity index (χ1n) is 5.58. The zero-order valence-electron chi connectivity index (χ0n) is 11.0. The third kappa shape index (κ3) is 3.05. The van der Waals surface area contributed by atoms with Crippen molar-refractivity contribution in [3.8, 4) is 0 Å². The van der Waals surface area contributed by atoms with E-state index in [9.17, 15) is 9.00 Å². The smallest absolute Gasteiger partial charge is 0.310 e. The molecule has 0 aromatic carbocycles. The standard InChI is InChI=1S/C11H21NO4S/c1-8(9(13)15-5)11(6-16-7-11)12-17(14)10(2,3)4/h8,12H,6-7H2,1-5H3/t8-,17-/m0/s1. The molecule has 0 aromatic rings. The van der Waals surface area contributed by atoms with E-state index in [0.717, 1.165) is 0 Å². The second kappa shape index (κ2) is 5.04. The molecule has 0 aliphatic carbocycles. The van der Waals surface area contributed by atoms with Crippen LogP contribution >= 0.6 is 0 Å². The van der Waals surface area contributed by atoms with E-state index in [1.165, 1.54) is 7.11 Å². The summed E-state index contributed by atoms with van der Waals surface area (Å²) in [5.74, 6) is -0.695. The molecular formula is C11H21NO4S. The molecule has 1 heterocycles. The van der Waals surface area contributed by atoms with Crippen molar-refractivity contribution in [1.29, 1.82) is 0 Å². The van der Waals surface area contributed by atoms with Gasteiger partial charge in [-0.25, -0.2) is 8.93 Å². The van der Waals surface area contributed by atoms with Crippen molar-refractivity contribution in [2.45, 2.75) is 38.0 Å². The van der Waals surface area contributed by atoms with Crippen molar-refractivity contribution in [2.75, 3.05) is 20.3 Å². The Hall–Kier alpha value is -0.460. The number of methoxy groups -OCH3 is 1. The van der Waals surface area contributed by atoms with E-state index < -0.39 is 16.5 Å². The summed E-state index contributed by atoms with van der Waals surface area (Å²) >= 11 is 0. The second-order valence-electron chi connectivity index (χ2n) is 5.38. The van der Waals surface area contributed by atoms with Crippen molar-refractivity contribution < 1.29 is 18.5 Å². The van der Waals surface area contributed by atoms with Gasteiger partial charge in [0, 0.05) is 0 Å². The first kappa shape index (κ1) is 14.6. The quantitative estimate of drug-likeness (QED) is 0.755. The van der Waals surface area contributed by atoms with Crippen LogP contribution < -0.4 is 4.72 Å². The van der Waals surface area contributed by atoms with Crippen LogP contribution in [0.3, 0.4) is 0 Å².